The highest BCUT2D eigenvalue weighted by Crippen LogP contribution is 2.51. The molecule has 4 heteroatoms. The molecule has 0 amide bonds. The molecule has 29 heavy (non-hydrogen) atoms. The van der Waals surface area contributed by atoms with Crippen LogP contribution in [0, 0.1) is 0 Å². The van der Waals surface area contributed by atoms with Crippen LogP contribution in [0.25, 0.3) is 5.69 Å². The van der Waals surface area contributed by atoms with Crippen LogP contribution in [0.2, 0.25) is 0 Å². The van der Waals surface area contributed by atoms with E-state index in [4.69, 9.17) is 5.10 Å². The molecule has 0 radical (unpaired) electrons. The number of fused-ring (bicyclic) bond motifs is 1. The Balaban J connectivity index is 1.69. The predicted molar refractivity (Wildman–Crippen MR) is 120 cm³/mol. The summed E-state index contributed by atoms with van der Waals surface area (Å²) in [4.78, 5) is 2.53. The van der Waals surface area contributed by atoms with E-state index in [2.05, 4.69) is 114 Å². The van der Waals surface area contributed by atoms with Gasteiger partial charge in [-0.15, -0.1) is 0 Å². The van der Waals surface area contributed by atoms with E-state index in [1.54, 1.807) is 0 Å². The third kappa shape index (κ3) is 3.21. The van der Waals surface area contributed by atoms with E-state index in [0.717, 1.165) is 14.0 Å². The summed E-state index contributed by atoms with van der Waals surface area (Å²) in [6.07, 6.45) is 0. The molecule has 0 spiro atoms. The SMILES string of the molecule is CC1c2nn(-c3ccccc3)pc2C(c2ccccc2)N(C)C1c1ccccc1. The van der Waals surface area contributed by atoms with Gasteiger partial charge in [0.1, 0.15) is 0 Å². The largest absolute Gasteiger partial charge is 0.287 e. The van der Waals surface area contributed by atoms with E-state index in [9.17, 15) is 0 Å². The maximum Gasteiger partial charge on any atom is 0.0776 e. The van der Waals surface area contributed by atoms with Crippen molar-refractivity contribution in [3.05, 3.63) is 113 Å². The fourth-order valence-corrected chi connectivity index (χ4v) is 5.97. The third-order valence-corrected chi connectivity index (χ3v) is 7.12. The van der Waals surface area contributed by atoms with E-state index in [1.807, 2.05) is 0 Å². The van der Waals surface area contributed by atoms with Crippen molar-refractivity contribution >= 4 is 8.35 Å². The molecule has 1 aromatic heterocycles. The molecule has 0 N–H and O–H groups in total. The zero-order chi connectivity index (χ0) is 19.8. The molecule has 3 aromatic carbocycles. The number of likely N-dealkylation sites (N-methyl/N-ethyl adjacent to an activating group) is 1. The maximum absolute atomic E-state index is 5.12. The van der Waals surface area contributed by atoms with Crippen LogP contribution >= 0.6 is 8.35 Å². The molecule has 0 aliphatic carbocycles. The molecule has 5 rings (SSSR count). The predicted octanol–water partition coefficient (Wildman–Crippen LogP) is 6.33. The number of aromatic nitrogens is 2. The first-order chi connectivity index (χ1) is 14.2. The first-order valence-electron chi connectivity index (χ1n) is 10.1. The summed E-state index contributed by atoms with van der Waals surface area (Å²) in [5.41, 5.74) is 5.05. The number of hydrogen-bond acceptors (Lipinski definition) is 2. The van der Waals surface area contributed by atoms with Gasteiger partial charge in [-0.1, -0.05) is 85.8 Å². The molecule has 1 aliphatic rings. The lowest BCUT2D eigenvalue weighted by atomic mass is 9.83. The number of hydrogen-bond donors (Lipinski definition) is 0. The third-order valence-electron chi connectivity index (χ3n) is 5.92. The molecule has 144 valence electrons. The van der Waals surface area contributed by atoms with Crippen molar-refractivity contribution in [2.45, 2.75) is 24.9 Å². The highest BCUT2D eigenvalue weighted by molar-refractivity contribution is 7.27. The van der Waals surface area contributed by atoms with Crippen molar-refractivity contribution in [1.82, 2.24) is 14.4 Å². The second-order valence-electron chi connectivity index (χ2n) is 7.72. The molecule has 4 aromatic rings. The van der Waals surface area contributed by atoms with Crippen molar-refractivity contribution in [3.8, 4) is 5.69 Å². The van der Waals surface area contributed by atoms with Gasteiger partial charge >= 0.3 is 0 Å². The second kappa shape index (κ2) is 7.59. The van der Waals surface area contributed by atoms with Gasteiger partial charge in [0.2, 0.25) is 0 Å². The van der Waals surface area contributed by atoms with Gasteiger partial charge in [-0.25, -0.2) is 4.44 Å². The molecule has 0 saturated heterocycles. The van der Waals surface area contributed by atoms with E-state index in [-0.39, 0.29) is 12.1 Å². The van der Waals surface area contributed by atoms with Gasteiger partial charge < -0.3 is 0 Å². The first-order valence-corrected chi connectivity index (χ1v) is 10.9. The van der Waals surface area contributed by atoms with Crippen molar-refractivity contribution in [3.63, 3.8) is 0 Å². The minimum absolute atomic E-state index is 0.215. The Labute approximate surface area is 173 Å². The lowest BCUT2D eigenvalue weighted by Gasteiger charge is -2.42. The molecule has 3 atom stereocenters. The maximum atomic E-state index is 5.12. The zero-order valence-electron chi connectivity index (χ0n) is 16.7. The summed E-state index contributed by atoms with van der Waals surface area (Å²) in [6.45, 7) is 2.32. The van der Waals surface area contributed by atoms with Gasteiger partial charge in [0.25, 0.3) is 0 Å². The molecule has 1 aliphatic heterocycles. The summed E-state index contributed by atoms with van der Waals surface area (Å²) < 4.78 is 2.14. The minimum Gasteiger partial charge on any atom is -0.287 e. The van der Waals surface area contributed by atoms with Crippen LogP contribution < -0.4 is 0 Å². The molecule has 3 unspecified atom stereocenters. The number of benzene rings is 3. The van der Waals surface area contributed by atoms with Crippen LogP contribution in [0.4, 0.5) is 0 Å². The quantitative estimate of drug-likeness (QED) is 0.403. The van der Waals surface area contributed by atoms with Crippen LogP contribution in [-0.4, -0.2) is 21.5 Å². The average molecular weight is 397 g/mol. The summed E-state index contributed by atoms with van der Waals surface area (Å²) >= 11 is 0. The Morgan fingerprint density at radius 2 is 1.31 bits per heavy atom. The van der Waals surface area contributed by atoms with Gasteiger partial charge in [-0.2, -0.15) is 5.10 Å². The van der Waals surface area contributed by atoms with Gasteiger partial charge in [0, 0.05) is 25.6 Å². The smallest absolute Gasteiger partial charge is 0.0776 e. The molecule has 2 heterocycles. The molecular weight excluding hydrogens is 373 g/mol. The second-order valence-corrected chi connectivity index (χ2v) is 8.78. The van der Waals surface area contributed by atoms with Crippen LogP contribution in [0.1, 0.15) is 47.0 Å². The Morgan fingerprint density at radius 3 is 1.93 bits per heavy atom. The lowest BCUT2D eigenvalue weighted by Crippen LogP contribution is -2.37. The highest BCUT2D eigenvalue weighted by atomic mass is 31.0. The monoisotopic (exact) mass is 397 g/mol. The van der Waals surface area contributed by atoms with Gasteiger partial charge in [-0.3, -0.25) is 4.90 Å². The van der Waals surface area contributed by atoms with Crippen molar-refractivity contribution in [2.24, 2.45) is 0 Å². The normalized spacial score (nSPS) is 21.9. The van der Waals surface area contributed by atoms with Crippen molar-refractivity contribution < 1.29 is 0 Å². The Hall–Kier alpha value is -2.74. The number of nitrogens with zero attached hydrogens (tertiary/aromatic N) is 3. The fraction of sp³-hybridized carbons (Fsp3) is 0.200. The van der Waals surface area contributed by atoms with E-state index in [0.29, 0.717) is 5.92 Å². The van der Waals surface area contributed by atoms with Gasteiger partial charge in [0.05, 0.1) is 17.4 Å². The summed E-state index contributed by atoms with van der Waals surface area (Å²) in [6, 6.07) is 32.7. The molecule has 3 nitrogen and oxygen atoms in total. The highest BCUT2D eigenvalue weighted by Gasteiger charge is 2.41. The fourth-order valence-electron chi connectivity index (χ4n) is 4.58. The summed E-state index contributed by atoms with van der Waals surface area (Å²) in [5.74, 6) is 0.318. The van der Waals surface area contributed by atoms with Gasteiger partial charge in [-0.05, 0) is 30.3 Å². The van der Waals surface area contributed by atoms with Crippen LogP contribution in [-0.2, 0) is 0 Å². The number of para-hydroxylation sites is 1. The van der Waals surface area contributed by atoms with Crippen LogP contribution in [0.3, 0.4) is 0 Å². The Kier molecular flexibility index (Phi) is 4.79. The van der Waals surface area contributed by atoms with E-state index < -0.39 is 0 Å². The Bertz CT molecular complexity index is 1090. The summed E-state index contributed by atoms with van der Waals surface area (Å²) in [5, 5.41) is 6.51. The minimum atomic E-state index is 0.215. The summed E-state index contributed by atoms with van der Waals surface area (Å²) in [7, 11) is 3.41. The van der Waals surface area contributed by atoms with Gasteiger partial charge in [0.15, 0.2) is 0 Å². The van der Waals surface area contributed by atoms with E-state index >= 15 is 0 Å². The van der Waals surface area contributed by atoms with Crippen LogP contribution in [0.15, 0.2) is 91.0 Å². The van der Waals surface area contributed by atoms with E-state index in [1.165, 1.54) is 22.1 Å². The molecule has 0 saturated carbocycles. The molecule has 0 fully saturated rings. The Morgan fingerprint density at radius 1 is 0.759 bits per heavy atom. The number of rotatable bonds is 3. The van der Waals surface area contributed by atoms with Crippen molar-refractivity contribution in [1.29, 1.82) is 0 Å². The van der Waals surface area contributed by atoms with Crippen LogP contribution in [0.5, 0.6) is 0 Å². The first kappa shape index (κ1) is 18.3. The standard InChI is InChI=1S/C25H24N3P/c1-18-22-25(29-28(26-22)21-16-10-5-11-17-21)24(20-14-8-4-9-15-20)27(2)23(18)19-12-6-3-7-13-19/h3-18,23-24H,1-2H3. The molecular formula is C25H24N3P. The average Bonchev–Trinajstić information content (AvgIpc) is 3.21. The molecule has 0 bridgehead atoms. The topological polar surface area (TPSA) is 21.1 Å². The van der Waals surface area contributed by atoms with Crippen molar-refractivity contribution in [2.75, 3.05) is 7.05 Å². The zero-order valence-corrected chi connectivity index (χ0v) is 17.6. The lowest BCUT2D eigenvalue weighted by molar-refractivity contribution is 0.158.